The number of halogens is 1. The molecule has 0 aliphatic carbocycles. The van der Waals surface area contributed by atoms with E-state index < -0.39 is 17.9 Å². The maximum atomic E-state index is 13.5. The summed E-state index contributed by atoms with van der Waals surface area (Å²) < 4.78 is 18.8. The van der Waals surface area contributed by atoms with Crippen molar-refractivity contribution in [1.82, 2.24) is 10.4 Å². The summed E-state index contributed by atoms with van der Waals surface area (Å²) >= 11 is 0. The second kappa shape index (κ2) is 11.0. The van der Waals surface area contributed by atoms with Gasteiger partial charge in [-0.3, -0.25) is 14.8 Å². The number of ether oxygens (including phenoxy) is 1. The van der Waals surface area contributed by atoms with E-state index in [9.17, 15) is 19.1 Å². The summed E-state index contributed by atoms with van der Waals surface area (Å²) in [5.74, 6) is -1.72. The third-order valence-electron chi connectivity index (χ3n) is 6.97. The molecule has 2 heterocycles. The van der Waals surface area contributed by atoms with Gasteiger partial charge in [0.25, 0.3) is 5.91 Å². The molecule has 2 aliphatic heterocycles. The molecule has 35 heavy (non-hydrogen) atoms. The molecule has 188 valence electrons. The molecule has 2 fully saturated rings. The number of hydroxylamine groups is 1. The Morgan fingerprint density at radius 1 is 1.11 bits per heavy atom. The van der Waals surface area contributed by atoms with Gasteiger partial charge in [-0.15, -0.1) is 0 Å². The number of likely N-dealkylation sites (tertiary alicyclic amines) is 1. The Morgan fingerprint density at radius 2 is 1.83 bits per heavy atom. The van der Waals surface area contributed by atoms with E-state index in [4.69, 9.17) is 9.94 Å². The third kappa shape index (κ3) is 5.57. The highest BCUT2D eigenvalue weighted by Crippen LogP contribution is 2.36. The lowest BCUT2D eigenvalue weighted by Crippen LogP contribution is -2.53. The molecule has 8 nitrogen and oxygen atoms in total. The smallest absolute Gasteiger partial charge is 0.272 e. The first-order valence-corrected chi connectivity index (χ1v) is 12.1. The first-order chi connectivity index (χ1) is 16.9. The summed E-state index contributed by atoms with van der Waals surface area (Å²) in [6, 6.07) is 14.1. The number of hydrogen-bond donors (Lipinski definition) is 3. The molecular weight excluding hydrogens is 453 g/mol. The summed E-state index contributed by atoms with van der Waals surface area (Å²) in [5, 5.41) is 19.6. The molecule has 2 aromatic carbocycles. The van der Waals surface area contributed by atoms with Gasteiger partial charge in [-0.05, 0) is 74.6 Å². The summed E-state index contributed by atoms with van der Waals surface area (Å²) in [4.78, 5) is 29.4. The van der Waals surface area contributed by atoms with Gasteiger partial charge in [-0.25, -0.2) is 9.87 Å². The van der Waals surface area contributed by atoms with Crippen molar-refractivity contribution < 1.29 is 29.0 Å². The number of nitrogens with zero attached hydrogens (tertiary/aromatic N) is 2. The molecule has 0 saturated carbocycles. The molecule has 4 rings (SSSR count). The van der Waals surface area contributed by atoms with E-state index >= 15 is 0 Å². The maximum absolute atomic E-state index is 13.5. The second-order valence-electron chi connectivity index (χ2n) is 9.16. The lowest BCUT2D eigenvalue weighted by molar-refractivity contribution is -0.151. The molecule has 3 N–H and O–H groups in total. The van der Waals surface area contributed by atoms with Gasteiger partial charge in [0.15, 0.2) is 0 Å². The molecule has 0 spiro atoms. The molecule has 2 aromatic rings. The van der Waals surface area contributed by atoms with Crippen molar-refractivity contribution in [3.63, 3.8) is 0 Å². The largest absolute Gasteiger partial charge is 0.494 e. The monoisotopic (exact) mass is 485 g/mol. The predicted molar refractivity (Wildman–Crippen MR) is 128 cm³/mol. The number of aryl methyl sites for hydroxylation is 1. The summed E-state index contributed by atoms with van der Waals surface area (Å²) in [7, 11) is 0. The van der Waals surface area contributed by atoms with E-state index in [1.165, 1.54) is 17.6 Å². The van der Waals surface area contributed by atoms with Crippen LogP contribution in [-0.4, -0.2) is 64.9 Å². The van der Waals surface area contributed by atoms with E-state index in [-0.39, 0.29) is 23.8 Å². The highest BCUT2D eigenvalue weighted by atomic mass is 19.1. The second-order valence-corrected chi connectivity index (χ2v) is 9.16. The van der Waals surface area contributed by atoms with Crippen LogP contribution in [-0.2, 0) is 16.0 Å². The maximum Gasteiger partial charge on any atom is 0.272 e. The lowest BCUT2D eigenvalue weighted by atomic mass is 9.92. The number of aliphatic hydroxyl groups excluding tert-OH is 1. The number of aliphatic hydroxyl groups is 1. The summed E-state index contributed by atoms with van der Waals surface area (Å²) in [5.41, 5.74) is 3.45. The zero-order valence-corrected chi connectivity index (χ0v) is 19.8. The average Bonchev–Trinajstić information content (AvgIpc) is 3.48. The normalized spacial score (nSPS) is 20.6. The van der Waals surface area contributed by atoms with E-state index in [0.29, 0.717) is 39.0 Å². The minimum atomic E-state index is -1.64. The molecular formula is C26H32FN3O5. The lowest BCUT2D eigenvalue weighted by Gasteiger charge is -2.37. The Kier molecular flexibility index (Phi) is 7.87. The van der Waals surface area contributed by atoms with E-state index in [1.807, 2.05) is 31.2 Å². The van der Waals surface area contributed by atoms with E-state index in [0.717, 1.165) is 23.4 Å². The van der Waals surface area contributed by atoms with Crippen molar-refractivity contribution >= 4 is 17.5 Å². The number of nitrogens with one attached hydrogen (secondary N) is 1. The number of anilines is 1. The van der Waals surface area contributed by atoms with Crippen molar-refractivity contribution in [2.45, 2.75) is 50.8 Å². The van der Waals surface area contributed by atoms with Crippen molar-refractivity contribution in [1.29, 1.82) is 0 Å². The van der Waals surface area contributed by atoms with E-state index in [2.05, 4.69) is 4.90 Å². The van der Waals surface area contributed by atoms with Crippen molar-refractivity contribution in [2.24, 2.45) is 5.92 Å². The third-order valence-corrected chi connectivity index (χ3v) is 6.97. The number of piperazine rings is 1. The van der Waals surface area contributed by atoms with Gasteiger partial charge < -0.3 is 19.6 Å². The topological polar surface area (TPSA) is 102 Å². The van der Waals surface area contributed by atoms with Crippen LogP contribution in [0.1, 0.15) is 31.7 Å². The highest BCUT2D eigenvalue weighted by Gasteiger charge is 2.48. The molecule has 2 amide bonds. The fourth-order valence-electron chi connectivity index (χ4n) is 5.21. The standard InChI is InChI=1S/C26H32FN3O5/c1-2-35-22-12-6-17(7-13-22)4-3-5-23(24(31)25(32)28-34)26(33)30-16-20-14-21(30)15-29(20)19-10-8-18(27)9-11-19/h6-13,20-21,23-24,31,34H,2-5,14-16H2,1H3,(H,28,32)/t20-,21-,23?,24-/m0/s1. The average molecular weight is 486 g/mol. The fraction of sp³-hybridized carbons (Fsp3) is 0.462. The Balaban J connectivity index is 1.39. The van der Waals surface area contributed by atoms with Gasteiger partial charge in [0.2, 0.25) is 5.91 Å². The number of hydrogen-bond acceptors (Lipinski definition) is 6. The van der Waals surface area contributed by atoms with Gasteiger partial charge in [0, 0.05) is 24.8 Å². The van der Waals surface area contributed by atoms with Gasteiger partial charge in [0.05, 0.1) is 18.6 Å². The highest BCUT2D eigenvalue weighted by molar-refractivity contribution is 5.89. The number of carbonyl (C=O) groups is 2. The molecule has 2 bridgehead atoms. The van der Waals surface area contributed by atoms with Crippen LogP contribution in [0.15, 0.2) is 48.5 Å². The minimum absolute atomic E-state index is 0.0458. The molecule has 4 atom stereocenters. The Labute approximate surface area is 204 Å². The molecule has 1 unspecified atom stereocenters. The van der Waals surface area contributed by atoms with Crippen LogP contribution in [0.4, 0.5) is 10.1 Å². The quantitative estimate of drug-likeness (QED) is 0.353. The molecule has 0 radical (unpaired) electrons. The van der Waals surface area contributed by atoms with Crippen LogP contribution < -0.4 is 15.1 Å². The Hall–Kier alpha value is -3.17. The van der Waals surface area contributed by atoms with Gasteiger partial charge in [-0.1, -0.05) is 12.1 Å². The van der Waals surface area contributed by atoms with Crippen molar-refractivity contribution in [2.75, 3.05) is 24.6 Å². The first kappa shape index (κ1) is 24.9. The molecule has 2 saturated heterocycles. The zero-order chi connectivity index (χ0) is 24.9. The Bertz CT molecular complexity index is 1020. The molecule has 2 aliphatic rings. The van der Waals surface area contributed by atoms with Crippen LogP contribution in [0.2, 0.25) is 0 Å². The molecule has 0 aromatic heterocycles. The van der Waals surface area contributed by atoms with Crippen LogP contribution in [0.3, 0.4) is 0 Å². The number of carbonyl (C=O) groups excluding carboxylic acids is 2. The predicted octanol–water partition coefficient (Wildman–Crippen LogP) is 2.52. The number of rotatable bonds is 10. The number of benzene rings is 2. The van der Waals surface area contributed by atoms with Crippen LogP contribution in [0.25, 0.3) is 0 Å². The number of amides is 2. The first-order valence-electron chi connectivity index (χ1n) is 12.1. The summed E-state index contributed by atoms with van der Waals surface area (Å²) in [6.45, 7) is 3.60. The minimum Gasteiger partial charge on any atom is -0.494 e. The van der Waals surface area contributed by atoms with Gasteiger partial charge >= 0.3 is 0 Å². The number of fused-ring (bicyclic) bond motifs is 2. The SMILES string of the molecule is CCOc1ccc(CCCC(C(=O)N2C[C@@H]3C[C@H]2CN3c2ccc(F)cc2)[C@H](O)C(=O)NO)cc1. The van der Waals surface area contributed by atoms with E-state index in [1.54, 1.807) is 17.0 Å². The zero-order valence-electron chi connectivity index (χ0n) is 19.8. The van der Waals surface area contributed by atoms with Crippen LogP contribution in [0, 0.1) is 11.7 Å². The van der Waals surface area contributed by atoms with Gasteiger partial charge in [-0.2, -0.15) is 0 Å². The van der Waals surface area contributed by atoms with Crippen molar-refractivity contribution in [3.05, 3.63) is 59.9 Å². The van der Waals surface area contributed by atoms with Crippen molar-refractivity contribution in [3.8, 4) is 5.75 Å². The van der Waals surface area contributed by atoms with Crippen LogP contribution in [0.5, 0.6) is 5.75 Å². The van der Waals surface area contributed by atoms with Gasteiger partial charge in [0.1, 0.15) is 17.7 Å². The Morgan fingerprint density at radius 3 is 2.43 bits per heavy atom. The summed E-state index contributed by atoms with van der Waals surface area (Å²) in [6.07, 6.45) is 0.707. The van der Waals surface area contributed by atoms with Crippen LogP contribution >= 0.6 is 0 Å². The molecule has 9 heteroatoms. The fourth-order valence-corrected chi connectivity index (χ4v) is 5.21.